The number of hydrogen-bond acceptors (Lipinski definition) is 5. The lowest BCUT2D eigenvalue weighted by molar-refractivity contribution is -0.139. The largest absolute Gasteiger partial charge is 0.480 e. The molecule has 1 aliphatic rings. The maximum Gasteiger partial charge on any atom is 0.327 e. The highest BCUT2D eigenvalue weighted by Crippen LogP contribution is 2.34. The van der Waals surface area contributed by atoms with Crippen molar-refractivity contribution < 1.29 is 18.7 Å². The number of rotatable bonds is 5. The van der Waals surface area contributed by atoms with Crippen LogP contribution in [0, 0.1) is 18.2 Å². The predicted octanol–water partition coefficient (Wildman–Crippen LogP) is 4.13. The molecule has 3 heterocycles. The minimum absolute atomic E-state index is 0.0635. The lowest BCUT2D eigenvalue weighted by atomic mass is 9.95. The Morgan fingerprint density at radius 2 is 1.63 bits per heavy atom. The van der Waals surface area contributed by atoms with E-state index in [-0.39, 0.29) is 24.5 Å². The van der Waals surface area contributed by atoms with Gasteiger partial charge in [-0.1, -0.05) is 30.8 Å². The number of nitrogens with zero attached hydrogens (tertiary/aromatic N) is 5. The van der Waals surface area contributed by atoms with E-state index in [0.717, 1.165) is 11.1 Å². The fourth-order valence-electron chi connectivity index (χ4n) is 5.03. The van der Waals surface area contributed by atoms with Gasteiger partial charge in [0.15, 0.2) is 0 Å². The summed E-state index contributed by atoms with van der Waals surface area (Å²) in [6, 6.07) is 14.9. The molecule has 0 radical (unpaired) electrons. The van der Waals surface area contributed by atoms with E-state index in [0.29, 0.717) is 23.3 Å². The summed E-state index contributed by atoms with van der Waals surface area (Å²) in [5.74, 6) is -1.76. The van der Waals surface area contributed by atoms with Crippen LogP contribution in [-0.4, -0.2) is 51.2 Å². The van der Waals surface area contributed by atoms with Crippen molar-refractivity contribution >= 4 is 28.5 Å². The van der Waals surface area contributed by atoms with Gasteiger partial charge in [-0.25, -0.2) is 13.6 Å². The molecule has 4 aromatic rings. The molecule has 10 heteroatoms. The van der Waals surface area contributed by atoms with Crippen LogP contribution in [0.2, 0.25) is 0 Å². The van der Waals surface area contributed by atoms with Crippen molar-refractivity contribution in [3.63, 3.8) is 0 Å². The topological polar surface area (TPSA) is 83.0 Å². The first-order chi connectivity index (χ1) is 18.3. The van der Waals surface area contributed by atoms with E-state index in [4.69, 9.17) is 6.57 Å². The third-order valence-corrected chi connectivity index (χ3v) is 6.91. The van der Waals surface area contributed by atoms with E-state index in [9.17, 15) is 23.5 Å². The monoisotopic (exact) mass is 515 g/mol. The highest BCUT2D eigenvalue weighted by molar-refractivity contribution is 5.92. The molecule has 1 atom stereocenters. The SMILES string of the molecule is [C-]#[N+]c1ccc2c(n1)c(N1CCN(C(c3ccc(F)cc3)c3ccc(F)cc3)CC1C(=O)O)cc(=O)n2C. The van der Waals surface area contributed by atoms with Crippen molar-refractivity contribution in [3.8, 4) is 0 Å². The molecule has 1 saturated heterocycles. The molecule has 192 valence electrons. The van der Waals surface area contributed by atoms with Crippen LogP contribution >= 0.6 is 0 Å². The molecule has 0 saturated carbocycles. The maximum absolute atomic E-state index is 13.7. The fourth-order valence-corrected chi connectivity index (χ4v) is 5.03. The molecule has 0 aliphatic carbocycles. The Balaban J connectivity index is 1.57. The summed E-state index contributed by atoms with van der Waals surface area (Å²) in [4.78, 5) is 36.7. The van der Waals surface area contributed by atoms with Gasteiger partial charge in [-0.2, -0.15) is 0 Å². The highest BCUT2D eigenvalue weighted by atomic mass is 19.1. The van der Waals surface area contributed by atoms with Gasteiger partial charge in [-0.05, 0) is 47.5 Å². The van der Waals surface area contributed by atoms with Crippen LogP contribution in [0.3, 0.4) is 0 Å². The molecule has 2 aromatic heterocycles. The Hall–Kier alpha value is -4.62. The van der Waals surface area contributed by atoms with Gasteiger partial charge in [0.1, 0.15) is 17.7 Å². The number of aryl methyl sites for hydroxylation is 1. The molecule has 0 amide bonds. The first-order valence-electron chi connectivity index (χ1n) is 11.9. The van der Waals surface area contributed by atoms with E-state index >= 15 is 0 Å². The Morgan fingerprint density at radius 3 is 2.18 bits per heavy atom. The molecule has 1 fully saturated rings. The third-order valence-electron chi connectivity index (χ3n) is 6.91. The second-order valence-corrected chi connectivity index (χ2v) is 9.12. The van der Waals surface area contributed by atoms with E-state index < -0.39 is 29.7 Å². The van der Waals surface area contributed by atoms with Crippen molar-refractivity contribution in [2.75, 3.05) is 24.5 Å². The maximum atomic E-state index is 13.7. The van der Waals surface area contributed by atoms with Gasteiger partial charge in [0.2, 0.25) is 5.52 Å². The van der Waals surface area contributed by atoms with Crippen molar-refractivity contribution in [3.05, 3.63) is 111 Å². The van der Waals surface area contributed by atoms with E-state index in [1.165, 1.54) is 41.0 Å². The number of carboxylic acids is 1. The summed E-state index contributed by atoms with van der Waals surface area (Å²) in [5.41, 5.74) is 2.35. The van der Waals surface area contributed by atoms with Crippen LogP contribution in [0.4, 0.5) is 20.3 Å². The Morgan fingerprint density at radius 1 is 1.03 bits per heavy atom. The number of benzene rings is 2. The Bertz CT molecular complexity index is 1570. The lowest BCUT2D eigenvalue weighted by Crippen LogP contribution is -2.57. The van der Waals surface area contributed by atoms with Crippen LogP contribution in [0.1, 0.15) is 17.2 Å². The van der Waals surface area contributed by atoms with Crippen molar-refractivity contribution in [1.82, 2.24) is 14.5 Å². The Labute approximate surface area is 216 Å². The predicted molar refractivity (Wildman–Crippen MR) is 138 cm³/mol. The fraction of sp³-hybridized carbons (Fsp3) is 0.214. The molecule has 5 rings (SSSR count). The molecule has 8 nitrogen and oxygen atoms in total. The number of carbonyl (C=O) groups is 1. The lowest BCUT2D eigenvalue weighted by Gasteiger charge is -2.44. The van der Waals surface area contributed by atoms with Gasteiger partial charge in [0.25, 0.3) is 11.4 Å². The van der Waals surface area contributed by atoms with Crippen LogP contribution in [0.5, 0.6) is 0 Å². The number of aliphatic carboxylic acids is 1. The quantitative estimate of drug-likeness (QED) is 0.403. The zero-order valence-corrected chi connectivity index (χ0v) is 20.4. The van der Waals surface area contributed by atoms with Gasteiger partial charge in [-0.3, -0.25) is 9.69 Å². The number of halogens is 2. The first-order valence-corrected chi connectivity index (χ1v) is 11.9. The smallest absolute Gasteiger partial charge is 0.327 e. The number of anilines is 1. The molecule has 1 aliphatic heterocycles. The van der Waals surface area contributed by atoms with Gasteiger partial charge < -0.3 is 19.4 Å². The van der Waals surface area contributed by atoms with Crippen molar-refractivity contribution in [2.45, 2.75) is 12.1 Å². The number of carboxylic acid groups (broad SMARTS) is 1. The van der Waals surface area contributed by atoms with Gasteiger partial charge in [0, 0.05) is 32.7 Å². The molecule has 38 heavy (non-hydrogen) atoms. The molecule has 1 N–H and O–H groups in total. The normalized spacial score (nSPS) is 16.1. The average molecular weight is 516 g/mol. The van der Waals surface area contributed by atoms with Gasteiger partial charge in [0.05, 0.1) is 17.2 Å². The van der Waals surface area contributed by atoms with Gasteiger partial charge in [-0.15, -0.1) is 4.98 Å². The highest BCUT2D eigenvalue weighted by Gasteiger charge is 2.38. The van der Waals surface area contributed by atoms with E-state index in [1.54, 1.807) is 42.3 Å². The number of pyridine rings is 2. The minimum Gasteiger partial charge on any atom is -0.480 e. The average Bonchev–Trinajstić information content (AvgIpc) is 2.92. The second kappa shape index (κ2) is 10.0. The van der Waals surface area contributed by atoms with Crippen LogP contribution in [0.25, 0.3) is 15.9 Å². The number of aromatic nitrogens is 2. The molecule has 0 bridgehead atoms. The summed E-state index contributed by atoms with van der Waals surface area (Å²) in [6.07, 6.45) is 0. The first kappa shape index (κ1) is 25.0. The minimum atomic E-state index is -1.10. The Kier molecular flexibility index (Phi) is 6.61. The zero-order valence-electron chi connectivity index (χ0n) is 20.4. The summed E-state index contributed by atoms with van der Waals surface area (Å²) in [6.45, 7) is 8.03. The molecule has 1 unspecified atom stereocenters. The van der Waals surface area contributed by atoms with Crippen LogP contribution in [0.15, 0.2) is 71.5 Å². The number of piperazine rings is 1. The van der Waals surface area contributed by atoms with Gasteiger partial charge >= 0.3 is 5.97 Å². The second-order valence-electron chi connectivity index (χ2n) is 9.12. The van der Waals surface area contributed by atoms with Crippen molar-refractivity contribution in [1.29, 1.82) is 0 Å². The number of fused-ring (bicyclic) bond motifs is 1. The standard InChI is InChI=1S/C28H23F2N5O3/c1-31-24-12-11-21-26(32-24)22(15-25(36)33(21)2)35-14-13-34(16-23(35)28(37)38)27(17-3-7-19(29)8-4-17)18-5-9-20(30)10-6-18/h3-12,15,23,27H,13-14,16H2,2H3,(H,37,38). The molecule has 2 aromatic carbocycles. The molecule has 0 spiro atoms. The van der Waals surface area contributed by atoms with E-state index in [1.807, 2.05) is 4.90 Å². The van der Waals surface area contributed by atoms with Crippen molar-refractivity contribution in [2.24, 2.45) is 7.05 Å². The van der Waals surface area contributed by atoms with Crippen LogP contribution < -0.4 is 10.5 Å². The summed E-state index contributed by atoms with van der Waals surface area (Å²) < 4.78 is 28.8. The summed E-state index contributed by atoms with van der Waals surface area (Å²) in [5, 5.41) is 10.3. The van der Waals surface area contributed by atoms with E-state index in [2.05, 4.69) is 9.83 Å². The molecular formula is C28H23F2N5O3. The summed E-state index contributed by atoms with van der Waals surface area (Å²) >= 11 is 0. The molecular weight excluding hydrogens is 492 g/mol. The van der Waals surface area contributed by atoms with Crippen LogP contribution in [-0.2, 0) is 11.8 Å². The zero-order chi connectivity index (χ0) is 27.0. The number of hydrogen-bond donors (Lipinski definition) is 1. The summed E-state index contributed by atoms with van der Waals surface area (Å²) in [7, 11) is 1.59. The third kappa shape index (κ3) is 4.60.